The molecule has 0 aliphatic heterocycles. The molecule has 0 aliphatic carbocycles. The molecule has 1 atom stereocenters. The highest BCUT2D eigenvalue weighted by atomic mass is 16.6. The minimum absolute atomic E-state index is 0.0714. The Kier molecular flexibility index (Phi) is 54.7. The Bertz CT molecular complexity index is 1080. The molecule has 0 saturated carbocycles. The van der Waals surface area contributed by atoms with Gasteiger partial charge in [0, 0.05) is 19.3 Å². The van der Waals surface area contributed by atoms with Gasteiger partial charge < -0.3 is 14.2 Å². The first-order valence-electron chi connectivity index (χ1n) is 29.8. The van der Waals surface area contributed by atoms with Crippen LogP contribution in [0.15, 0.2) is 24.3 Å². The highest BCUT2D eigenvalue weighted by Gasteiger charge is 2.19. The molecule has 0 N–H and O–H groups in total. The molecular weight excluding hydrogens is 829 g/mol. The summed E-state index contributed by atoms with van der Waals surface area (Å²) < 4.78 is 16.9. The Hall–Kier alpha value is -2.11. The zero-order valence-electron chi connectivity index (χ0n) is 45.2. The Morgan fingerprint density at radius 2 is 0.537 bits per heavy atom. The van der Waals surface area contributed by atoms with Crippen LogP contribution in [0.4, 0.5) is 0 Å². The van der Waals surface area contributed by atoms with E-state index in [4.69, 9.17) is 14.2 Å². The Morgan fingerprint density at radius 1 is 0.299 bits per heavy atom. The van der Waals surface area contributed by atoms with E-state index < -0.39 is 6.10 Å². The summed E-state index contributed by atoms with van der Waals surface area (Å²) in [6, 6.07) is 0. The van der Waals surface area contributed by atoms with Crippen molar-refractivity contribution in [1.29, 1.82) is 0 Å². The van der Waals surface area contributed by atoms with Crippen molar-refractivity contribution < 1.29 is 28.6 Å². The number of esters is 3. The third-order valence-electron chi connectivity index (χ3n) is 13.5. The van der Waals surface area contributed by atoms with E-state index in [1.54, 1.807) is 0 Å². The van der Waals surface area contributed by atoms with Crippen LogP contribution in [-0.2, 0) is 28.6 Å². The van der Waals surface area contributed by atoms with E-state index >= 15 is 0 Å². The number of unbranched alkanes of at least 4 members (excludes halogenated alkanes) is 40. The van der Waals surface area contributed by atoms with Gasteiger partial charge in [-0.15, -0.1) is 0 Å². The standard InChI is InChI=1S/C61H114O6/c1-4-7-10-13-16-19-22-25-27-28-29-30-31-32-34-36-39-42-45-48-51-54-60(63)66-57-58(56-65-59(62)53-50-47-44-41-38-35-24-21-18-15-12-9-6-3)67-61(64)55-52-49-46-43-40-37-33-26-23-20-17-14-11-8-5-2/h17,20,26,33,58H,4-16,18-19,21-25,27-32,34-57H2,1-3H3/b20-17-,33-26-/t58-/m0/s1. The Labute approximate surface area is 417 Å². The molecule has 6 heteroatoms. The third kappa shape index (κ3) is 54.7. The van der Waals surface area contributed by atoms with Crippen LogP contribution < -0.4 is 0 Å². The SMILES string of the molecule is CCCCC/C=C\C/C=C\CCCCCCCC(=O)O[C@@H](COC(=O)CCCCCCCCCCCCCCC)COC(=O)CCCCCCCCCCCCCCCCCCCCCCC. The fraction of sp³-hybridized carbons (Fsp3) is 0.885. The largest absolute Gasteiger partial charge is 0.462 e. The van der Waals surface area contributed by atoms with Gasteiger partial charge in [0.15, 0.2) is 6.10 Å². The minimum atomic E-state index is -0.773. The molecule has 0 heterocycles. The molecule has 67 heavy (non-hydrogen) atoms. The molecule has 0 fully saturated rings. The van der Waals surface area contributed by atoms with E-state index in [0.717, 1.165) is 77.0 Å². The highest BCUT2D eigenvalue weighted by Crippen LogP contribution is 2.17. The van der Waals surface area contributed by atoms with Gasteiger partial charge in [0.05, 0.1) is 0 Å². The maximum absolute atomic E-state index is 12.8. The summed E-state index contributed by atoms with van der Waals surface area (Å²) in [7, 11) is 0. The fourth-order valence-electron chi connectivity index (χ4n) is 8.95. The van der Waals surface area contributed by atoms with Gasteiger partial charge in [0.25, 0.3) is 0 Å². The molecule has 0 aromatic heterocycles. The van der Waals surface area contributed by atoms with Crippen LogP contribution in [-0.4, -0.2) is 37.2 Å². The first-order chi connectivity index (χ1) is 33.0. The first kappa shape index (κ1) is 64.9. The molecule has 0 bridgehead atoms. The van der Waals surface area contributed by atoms with E-state index in [1.807, 2.05) is 0 Å². The van der Waals surface area contributed by atoms with Crippen molar-refractivity contribution in [1.82, 2.24) is 0 Å². The summed E-state index contributed by atoms with van der Waals surface area (Å²) in [5, 5.41) is 0. The van der Waals surface area contributed by atoms with E-state index in [1.165, 1.54) is 212 Å². The molecule has 0 rings (SSSR count). The van der Waals surface area contributed by atoms with Gasteiger partial charge in [-0.25, -0.2) is 0 Å². The minimum Gasteiger partial charge on any atom is -0.462 e. The quantitative estimate of drug-likeness (QED) is 0.0262. The average molecular weight is 944 g/mol. The van der Waals surface area contributed by atoms with Crippen molar-refractivity contribution in [2.75, 3.05) is 13.2 Å². The summed E-state index contributed by atoms with van der Waals surface area (Å²) in [6.45, 7) is 6.66. The molecule has 0 aliphatic rings. The van der Waals surface area contributed by atoms with Crippen LogP contribution in [0, 0.1) is 0 Å². The van der Waals surface area contributed by atoms with Crippen LogP contribution in [0.3, 0.4) is 0 Å². The molecular formula is C61H114O6. The summed E-state index contributed by atoms with van der Waals surface area (Å²) in [5.74, 6) is -0.863. The lowest BCUT2D eigenvalue weighted by molar-refractivity contribution is -0.167. The van der Waals surface area contributed by atoms with Crippen LogP contribution in [0.25, 0.3) is 0 Å². The zero-order chi connectivity index (χ0) is 48.6. The van der Waals surface area contributed by atoms with E-state index in [0.29, 0.717) is 19.3 Å². The van der Waals surface area contributed by atoms with Gasteiger partial charge in [-0.3, -0.25) is 14.4 Å². The van der Waals surface area contributed by atoms with Crippen molar-refractivity contribution in [2.45, 2.75) is 335 Å². The molecule has 0 radical (unpaired) electrons. The van der Waals surface area contributed by atoms with Crippen molar-refractivity contribution in [3.8, 4) is 0 Å². The topological polar surface area (TPSA) is 78.9 Å². The Morgan fingerprint density at radius 3 is 0.851 bits per heavy atom. The third-order valence-corrected chi connectivity index (χ3v) is 13.5. The van der Waals surface area contributed by atoms with Crippen molar-refractivity contribution in [3.63, 3.8) is 0 Å². The number of hydrogen-bond donors (Lipinski definition) is 0. The number of rotatable bonds is 55. The summed E-state index contributed by atoms with van der Waals surface area (Å²) >= 11 is 0. The van der Waals surface area contributed by atoms with Crippen molar-refractivity contribution >= 4 is 17.9 Å². The van der Waals surface area contributed by atoms with Gasteiger partial charge >= 0.3 is 17.9 Å². The predicted octanol–water partition coefficient (Wildman–Crippen LogP) is 19.9. The second kappa shape index (κ2) is 56.5. The van der Waals surface area contributed by atoms with Gasteiger partial charge in [-0.05, 0) is 51.4 Å². The molecule has 0 saturated heterocycles. The van der Waals surface area contributed by atoms with E-state index in [9.17, 15) is 14.4 Å². The number of allylic oxidation sites excluding steroid dienone is 4. The molecule has 0 spiro atoms. The summed E-state index contributed by atoms with van der Waals surface area (Å²) in [5.41, 5.74) is 0. The van der Waals surface area contributed by atoms with Crippen molar-refractivity contribution in [2.24, 2.45) is 0 Å². The lowest BCUT2D eigenvalue weighted by Crippen LogP contribution is -2.30. The first-order valence-corrected chi connectivity index (χ1v) is 29.8. The monoisotopic (exact) mass is 943 g/mol. The number of ether oxygens (including phenoxy) is 3. The maximum atomic E-state index is 12.8. The summed E-state index contributed by atoms with van der Waals surface area (Å²) in [6.07, 6.45) is 66.0. The normalized spacial score (nSPS) is 12.1. The fourth-order valence-corrected chi connectivity index (χ4v) is 8.95. The number of carbonyl (C=O) groups excluding carboxylic acids is 3. The van der Waals surface area contributed by atoms with Gasteiger partial charge in [-0.2, -0.15) is 0 Å². The van der Waals surface area contributed by atoms with Crippen LogP contribution in [0.5, 0.6) is 0 Å². The molecule has 6 nitrogen and oxygen atoms in total. The molecule has 0 aromatic rings. The molecule has 0 amide bonds. The molecule has 394 valence electrons. The zero-order valence-corrected chi connectivity index (χ0v) is 45.2. The number of carbonyl (C=O) groups is 3. The maximum Gasteiger partial charge on any atom is 0.306 e. The second-order valence-corrected chi connectivity index (χ2v) is 20.3. The highest BCUT2D eigenvalue weighted by molar-refractivity contribution is 5.71. The predicted molar refractivity (Wildman–Crippen MR) is 289 cm³/mol. The van der Waals surface area contributed by atoms with E-state index in [-0.39, 0.29) is 31.1 Å². The van der Waals surface area contributed by atoms with Gasteiger partial charge in [-0.1, -0.05) is 283 Å². The second-order valence-electron chi connectivity index (χ2n) is 20.3. The van der Waals surface area contributed by atoms with E-state index in [2.05, 4.69) is 45.1 Å². The molecule has 0 aromatic carbocycles. The lowest BCUT2D eigenvalue weighted by Gasteiger charge is -2.18. The summed E-state index contributed by atoms with van der Waals surface area (Å²) in [4.78, 5) is 38.1. The van der Waals surface area contributed by atoms with Crippen LogP contribution in [0.1, 0.15) is 329 Å². The van der Waals surface area contributed by atoms with Gasteiger partial charge in [0.1, 0.15) is 13.2 Å². The van der Waals surface area contributed by atoms with Crippen LogP contribution >= 0.6 is 0 Å². The van der Waals surface area contributed by atoms with Crippen LogP contribution in [0.2, 0.25) is 0 Å². The smallest absolute Gasteiger partial charge is 0.306 e. The lowest BCUT2D eigenvalue weighted by atomic mass is 10.0. The molecule has 0 unspecified atom stereocenters. The van der Waals surface area contributed by atoms with Gasteiger partial charge in [0.2, 0.25) is 0 Å². The van der Waals surface area contributed by atoms with Crippen molar-refractivity contribution in [3.05, 3.63) is 24.3 Å². The Balaban J connectivity index is 4.28. The average Bonchev–Trinajstić information content (AvgIpc) is 3.33. The number of hydrogen-bond acceptors (Lipinski definition) is 6.